The first kappa shape index (κ1) is 14.4. The lowest BCUT2D eigenvalue weighted by Gasteiger charge is -2.10. The molecule has 4 nitrogen and oxygen atoms in total. The molecule has 0 bridgehead atoms. The normalized spacial score (nSPS) is 11.9. The Labute approximate surface area is 97.9 Å². The van der Waals surface area contributed by atoms with Gasteiger partial charge in [0.25, 0.3) is 0 Å². The van der Waals surface area contributed by atoms with Crippen LogP contribution in [0.4, 0.5) is 0 Å². The monoisotopic (exact) mass is 254 g/mol. The van der Waals surface area contributed by atoms with Crippen molar-refractivity contribution in [3.05, 3.63) is 0 Å². The lowest BCUT2D eigenvalue weighted by atomic mass is 10.0. The Morgan fingerprint density at radius 2 is 1.87 bits per heavy atom. The quantitative estimate of drug-likeness (QED) is 0.396. The van der Waals surface area contributed by atoms with E-state index in [1.807, 2.05) is 0 Å². The molecule has 0 spiro atoms. The fourth-order valence-electron chi connectivity index (χ4n) is 1.01. The van der Waals surface area contributed by atoms with Crippen LogP contribution in [0.1, 0.15) is 26.2 Å². The van der Waals surface area contributed by atoms with E-state index in [0.717, 1.165) is 0 Å². The van der Waals surface area contributed by atoms with Crippen molar-refractivity contribution in [2.45, 2.75) is 26.2 Å². The van der Waals surface area contributed by atoms with Gasteiger partial charge in [0.2, 0.25) is 10.5 Å². The molecule has 0 amide bonds. The van der Waals surface area contributed by atoms with E-state index in [1.54, 1.807) is 6.92 Å². The minimum atomic E-state index is -0.998. The minimum Gasteiger partial charge on any atom is -0.465 e. The summed E-state index contributed by atoms with van der Waals surface area (Å²) in [6, 6.07) is 0. The second-order valence-electron chi connectivity index (χ2n) is 2.86. The summed E-state index contributed by atoms with van der Waals surface area (Å²) in [7, 11) is 0. The molecule has 0 aliphatic carbocycles. The van der Waals surface area contributed by atoms with Gasteiger partial charge in [-0.3, -0.25) is 14.4 Å². The molecule has 0 saturated carbocycles. The average molecular weight is 255 g/mol. The predicted octanol–water partition coefficient (Wildman–Crippen LogP) is 1.87. The summed E-state index contributed by atoms with van der Waals surface area (Å²) in [4.78, 5) is 32.5. The van der Waals surface area contributed by atoms with Gasteiger partial charge in [0.05, 0.1) is 6.61 Å². The second-order valence-corrected chi connectivity index (χ2v) is 3.65. The van der Waals surface area contributed by atoms with Gasteiger partial charge < -0.3 is 4.74 Å². The van der Waals surface area contributed by atoms with Crippen LogP contribution < -0.4 is 0 Å². The summed E-state index contributed by atoms with van der Waals surface area (Å²) in [5, 5.41) is -1.27. The van der Waals surface area contributed by atoms with Crippen molar-refractivity contribution in [1.29, 1.82) is 0 Å². The highest BCUT2D eigenvalue weighted by molar-refractivity contribution is 6.65. The summed E-state index contributed by atoms with van der Waals surface area (Å²) in [5.74, 6) is -1.65. The van der Waals surface area contributed by atoms with Crippen molar-refractivity contribution in [2.75, 3.05) is 6.61 Å². The van der Waals surface area contributed by atoms with E-state index in [9.17, 15) is 14.4 Å². The zero-order valence-corrected chi connectivity index (χ0v) is 9.81. The Morgan fingerprint density at radius 1 is 1.27 bits per heavy atom. The molecule has 0 rings (SSSR count). The van der Waals surface area contributed by atoms with E-state index in [0.29, 0.717) is 6.42 Å². The van der Waals surface area contributed by atoms with E-state index in [2.05, 4.69) is 4.74 Å². The molecule has 0 aliphatic rings. The van der Waals surface area contributed by atoms with Crippen molar-refractivity contribution in [3.63, 3.8) is 0 Å². The molecule has 1 atom stereocenters. The maximum absolute atomic E-state index is 11.2. The average Bonchev–Trinajstić information content (AvgIpc) is 2.11. The Morgan fingerprint density at radius 3 is 2.27 bits per heavy atom. The third kappa shape index (κ3) is 6.47. The van der Waals surface area contributed by atoms with Crippen LogP contribution in [0.3, 0.4) is 0 Å². The zero-order chi connectivity index (χ0) is 11.8. The molecule has 0 aromatic heterocycles. The van der Waals surface area contributed by atoms with Gasteiger partial charge in [-0.1, -0.05) is 0 Å². The van der Waals surface area contributed by atoms with Gasteiger partial charge in [0.15, 0.2) is 0 Å². The fourth-order valence-corrected chi connectivity index (χ4v) is 1.34. The molecular formula is C9H12Cl2O4. The molecule has 0 saturated heterocycles. The van der Waals surface area contributed by atoms with Crippen LogP contribution in [-0.4, -0.2) is 23.1 Å². The third-order valence-corrected chi connectivity index (χ3v) is 2.16. The van der Waals surface area contributed by atoms with Crippen molar-refractivity contribution in [3.8, 4) is 0 Å². The van der Waals surface area contributed by atoms with Crippen LogP contribution in [0.2, 0.25) is 0 Å². The third-order valence-electron chi connectivity index (χ3n) is 1.71. The second kappa shape index (κ2) is 7.65. The van der Waals surface area contributed by atoms with Crippen molar-refractivity contribution < 1.29 is 19.1 Å². The van der Waals surface area contributed by atoms with Crippen molar-refractivity contribution >= 4 is 39.7 Å². The molecule has 6 heteroatoms. The summed E-state index contributed by atoms with van der Waals surface area (Å²) in [6.07, 6.45) is 0.630. The number of carbonyl (C=O) groups excluding carboxylic acids is 3. The van der Waals surface area contributed by atoms with E-state index in [-0.39, 0.29) is 19.4 Å². The maximum Gasteiger partial charge on any atom is 0.317 e. The number of carbonyl (C=O) groups is 3. The summed E-state index contributed by atoms with van der Waals surface area (Å²) in [5.41, 5.74) is 0. The molecule has 0 N–H and O–H groups in total. The highest BCUT2D eigenvalue weighted by Gasteiger charge is 2.25. The van der Waals surface area contributed by atoms with Gasteiger partial charge in [-0.15, -0.1) is 0 Å². The number of esters is 1. The standard InChI is InChI=1S/C9H12Cl2O4/c1-2-15-9(14)6(8(11)13)4-3-5-7(10)12/h6H,2-5H2,1H3. The highest BCUT2D eigenvalue weighted by atomic mass is 35.5. The molecule has 0 aromatic rings. The lowest BCUT2D eigenvalue weighted by Crippen LogP contribution is -2.23. The smallest absolute Gasteiger partial charge is 0.317 e. The topological polar surface area (TPSA) is 60.4 Å². The molecule has 0 aliphatic heterocycles. The minimum absolute atomic E-state index is 0.113. The summed E-state index contributed by atoms with van der Waals surface area (Å²) < 4.78 is 4.66. The first-order valence-electron chi connectivity index (χ1n) is 4.53. The highest BCUT2D eigenvalue weighted by Crippen LogP contribution is 2.14. The Kier molecular flexibility index (Phi) is 7.34. The van der Waals surface area contributed by atoms with Crippen LogP contribution in [0.5, 0.6) is 0 Å². The SMILES string of the molecule is CCOC(=O)C(CCCC(=O)Cl)C(=O)Cl. The van der Waals surface area contributed by atoms with Gasteiger partial charge in [0, 0.05) is 6.42 Å². The molecule has 15 heavy (non-hydrogen) atoms. The van der Waals surface area contributed by atoms with Crippen molar-refractivity contribution in [2.24, 2.45) is 5.92 Å². The zero-order valence-electron chi connectivity index (χ0n) is 8.29. The summed E-state index contributed by atoms with van der Waals surface area (Å²) in [6.45, 7) is 1.82. The van der Waals surface area contributed by atoms with E-state index in [4.69, 9.17) is 23.2 Å². The van der Waals surface area contributed by atoms with Gasteiger partial charge in [-0.05, 0) is 43.0 Å². The van der Waals surface area contributed by atoms with Gasteiger partial charge >= 0.3 is 5.97 Å². The van der Waals surface area contributed by atoms with Crippen LogP contribution in [0, 0.1) is 5.92 Å². The van der Waals surface area contributed by atoms with E-state index >= 15 is 0 Å². The summed E-state index contributed by atoms with van der Waals surface area (Å²) >= 11 is 10.3. The van der Waals surface area contributed by atoms with Crippen LogP contribution in [-0.2, 0) is 19.1 Å². The fraction of sp³-hybridized carbons (Fsp3) is 0.667. The largest absolute Gasteiger partial charge is 0.465 e. The van der Waals surface area contributed by atoms with Crippen LogP contribution >= 0.6 is 23.2 Å². The first-order valence-corrected chi connectivity index (χ1v) is 5.29. The Balaban J connectivity index is 4.10. The molecule has 86 valence electrons. The maximum atomic E-state index is 11.2. The van der Waals surface area contributed by atoms with E-state index in [1.165, 1.54) is 0 Å². The van der Waals surface area contributed by atoms with Crippen molar-refractivity contribution in [1.82, 2.24) is 0 Å². The molecule has 1 unspecified atom stereocenters. The number of ether oxygens (including phenoxy) is 1. The van der Waals surface area contributed by atoms with Gasteiger partial charge in [-0.2, -0.15) is 0 Å². The lowest BCUT2D eigenvalue weighted by molar-refractivity contribution is -0.150. The Hall–Kier alpha value is -0.610. The molecule has 0 radical (unpaired) electrons. The van der Waals surface area contributed by atoms with Gasteiger partial charge in [0.1, 0.15) is 5.92 Å². The van der Waals surface area contributed by atoms with Crippen LogP contribution in [0.15, 0.2) is 0 Å². The molecular weight excluding hydrogens is 243 g/mol. The Bertz CT molecular complexity index is 252. The molecule has 0 heterocycles. The van der Waals surface area contributed by atoms with E-state index < -0.39 is 22.4 Å². The molecule has 0 aromatic carbocycles. The first-order chi connectivity index (χ1) is 6.99. The number of rotatable bonds is 7. The number of halogens is 2. The van der Waals surface area contributed by atoms with Gasteiger partial charge in [-0.25, -0.2) is 0 Å². The predicted molar refractivity (Wildman–Crippen MR) is 55.7 cm³/mol. The molecule has 0 fully saturated rings. The van der Waals surface area contributed by atoms with Crippen LogP contribution in [0.25, 0.3) is 0 Å². The number of hydrogen-bond acceptors (Lipinski definition) is 4. The number of hydrogen-bond donors (Lipinski definition) is 0.